The van der Waals surface area contributed by atoms with Gasteiger partial charge in [0, 0.05) is 19.6 Å². The van der Waals surface area contributed by atoms with Gasteiger partial charge in [0.2, 0.25) is 0 Å². The smallest absolute Gasteiger partial charge is 0.151 e. The van der Waals surface area contributed by atoms with Crippen LogP contribution in [0.15, 0.2) is 12.1 Å². The molecule has 0 saturated carbocycles. The molecule has 1 aromatic heterocycles. The topological polar surface area (TPSA) is 55.0 Å². The first kappa shape index (κ1) is 10.9. The lowest BCUT2D eigenvalue weighted by atomic mass is 10.3. The van der Waals surface area contributed by atoms with E-state index < -0.39 is 0 Å². The van der Waals surface area contributed by atoms with E-state index in [1.165, 1.54) is 0 Å². The maximum Gasteiger partial charge on any atom is 0.151 e. The predicted molar refractivity (Wildman–Crippen MR) is 58.3 cm³/mol. The molecule has 0 saturated heterocycles. The molecule has 1 rings (SSSR count). The molecule has 78 valence electrons. The average molecular weight is 194 g/mol. The Morgan fingerprint density at radius 2 is 2.07 bits per heavy atom. The van der Waals surface area contributed by atoms with E-state index in [1.54, 1.807) is 0 Å². The van der Waals surface area contributed by atoms with E-state index in [0.717, 1.165) is 31.0 Å². The van der Waals surface area contributed by atoms with Crippen molar-refractivity contribution in [2.24, 2.45) is 5.73 Å². The molecule has 4 heteroatoms. The van der Waals surface area contributed by atoms with Gasteiger partial charge in [0.05, 0.1) is 5.69 Å². The fourth-order valence-corrected chi connectivity index (χ4v) is 1.33. The molecule has 1 heterocycles. The molecule has 0 spiro atoms. The van der Waals surface area contributed by atoms with Crippen molar-refractivity contribution in [3.63, 3.8) is 0 Å². The van der Waals surface area contributed by atoms with E-state index in [1.807, 2.05) is 19.1 Å². The first-order valence-electron chi connectivity index (χ1n) is 5.03. The monoisotopic (exact) mass is 194 g/mol. The largest absolute Gasteiger partial charge is 0.354 e. The summed E-state index contributed by atoms with van der Waals surface area (Å²) in [6.07, 6.45) is 1.09. The van der Waals surface area contributed by atoms with E-state index >= 15 is 0 Å². The van der Waals surface area contributed by atoms with Gasteiger partial charge in [-0.15, -0.1) is 5.10 Å². The third kappa shape index (κ3) is 2.96. The highest BCUT2D eigenvalue weighted by Crippen LogP contribution is 2.08. The van der Waals surface area contributed by atoms with Crippen LogP contribution in [0.25, 0.3) is 0 Å². The van der Waals surface area contributed by atoms with Crippen molar-refractivity contribution in [1.29, 1.82) is 0 Å². The molecule has 0 radical (unpaired) electrons. The summed E-state index contributed by atoms with van der Waals surface area (Å²) in [7, 11) is 0. The maximum absolute atomic E-state index is 5.54. The third-order valence-corrected chi connectivity index (χ3v) is 2.00. The van der Waals surface area contributed by atoms with Gasteiger partial charge in [-0.25, -0.2) is 0 Å². The average Bonchev–Trinajstić information content (AvgIpc) is 2.19. The van der Waals surface area contributed by atoms with Crippen molar-refractivity contribution in [2.75, 3.05) is 24.5 Å². The van der Waals surface area contributed by atoms with Crippen LogP contribution in [-0.2, 0) is 0 Å². The molecule has 0 aliphatic heterocycles. The van der Waals surface area contributed by atoms with Crippen molar-refractivity contribution in [1.82, 2.24) is 10.2 Å². The Labute approximate surface area is 85.1 Å². The summed E-state index contributed by atoms with van der Waals surface area (Å²) in [4.78, 5) is 2.16. The molecular weight excluding hydrogens is 176 g/mol. The predicted octanol–water partition coefficient (Wildman–Crippen LogP) is 0.960. The van der Waals surface area contributed by atoms with E-state index in [9.17, 15) is 0 Å². The Balaban J connectivity index is 2.71. The first-order valence-corrected chi connectivity index (χ1v) is 5.03. The zero-order valence-electron chi connectivity index (χ0n) is 8.90. The molecule has 0 atom stereocenters. The third-order valence-electron chi connectivity index (χ3n) is 2.00. The van der Waals surface area contributed by atoms with Gasteiger partial charge < -0.3 is 10.6 Å². The van der Waals surface area contributed by atoms with Gasteiger partial charge >= 0.3 is 0 Å². The van der Waals surface area contributed by atoms with Crippen molar-refractivity contribution in [3.8, 4) is 0 Å². The van der Waals surface area contributed by atoms with Gasteiger partial charge in [-0.2, -0.15) is 5.10 Å². The van der Waals surface area contributed by atoms with Crippen molar-refractivity contribution < 1.29 is 0 Å². The zero-order valence-corrected chi connectivity index (χ0v) is 8.90. The molecule has 0 amide bonds. The molecule has 4 nitrogen and oxygen atoms in total. The Morgan fingerprint density at radius 3 is 2.57 bits per heavy atom. The number of rotatable bonds is 5. The Bertz CT molecular complexity index is 251. The summed E-state index contributed by atoms with van der Waals surface area (Å²) >= 11 is 0. The maximum atomic E-state index is 5.54. The highest BCUT2D eigenvalue weighted by molar-refractivity contribution is 5.36. The second kappa shape index (κ2) is 5.54. The summed E-state index contributed by atoms with van der Waals surface area (Å²) in [5, 5.41) is 8.17. The van der Waals surface area contributed by atoms with Gasteiger partial charge in [-0.1, -0.05) is 6.92 Å². The molecule has 0 aromatic carbocycles. The minimum absolute atomic E-state index is 0.648. The van der Waals surface area contributed by atoms with Crippen LogP contribution in [0.1, 0.15) is 19.0 Å². The number of nitrogens with two attached hydrogens (primary N) is 1. The number of anilines is 1. The normalized spacial score (nSPS) is 10.2. The number of hydrogen-bond donors (Lipinski definition) is 1. The Morgan fingerprint density at radius 1 is 1.29 bits per heavy atom. The summed E-state index contributed by atoms with van der Waals surface area (Å²) in [6.45, 7) is 6.55. The van der Waals surface area contributed by atoms with Crippen molar-refractivity contribution in [2.45, 2.75) is 20.3 Å². The second-order valence-electron chi connectivity index (χ2n) is 3.31. The summed E-state index contributed by atoms with van der Waals surface area (Å²) in [6, 6.07) is 3.97. The summed E-state index contributed by atoms with van der Waals surface area (Å²) < 4.78 is 0. The van der Waals surface area contributed by atoms with Crippen LogP contribution < -0.4 is 10.6 Å². The van der Waals surface area contributed by atoms with Crippen LogP contribution in [0, 0.1) is 6.92 Å². The Hall–Kier alpha value is -1.16. The molecule has 0 fully saturated rings. The quantitative estimate of drug-likeness (QED) is 0.758. The van der Waals surface area contributed by atoms with E-state index in [4.69, 9.17) is 5.73 Å². The molecule has 0 unspecified atom stereocenters. The molecule has 1 aromatic rings. The Kier molecular flexibility index (Phi) is 4.32. The van der Waals surface area contributed by atoms with Gasteiger partial charge in [0.1, 0.15) is 0 Å². The second-order valence-corrected chi connectivity index (χ2v) is 3.31. The van der Waals surface area contributed by atoms with Crippen LogP contribution in [-0.4, -0.2) is 29.8 Å². The highest BCUT2D eigenvalue weighted by atomic mass is 15.3. The lowest BCUT2D eigenvalue weighted by Crippen LogP contribution is -2.31. The number of aromatic nitrogens is 2. The molecule has 0 aliphatic carbocycles. The van der Waals surface area contributed by atoms with Crippen LogP contribution in [0.2, 0.25) is 0 Å². The SMILES string of the molecule is CCCN(CCN)c1ccc(C)nn1. The zero-order chi connectivity index (χ0) is 10.4. The summed E-state index contributed by atoms with van der Waals surface area (Å²) in [5.74, 6) is 0.919. The van der Waals surface area contributed by atoms with Gasteiger partial charge in [0.15, 0.2) is 5.82 Å². The van der Waals surface area contributed by atoms with Crippen LogP contribution in [0.3, 0.4) is 0 Å². The summed E-state index contributed by atoms with van der Waals surface area (Å²) in [5.41, 5.74) is 6.48. The lowest BCUT2D eigenvalue weighted by Gasteiger charge is -2.21. The van der Waals surface area contributed by atoms with Gasteiger partial charge in [-0.05, 0) is 25.5 Å². The number of hydrogen-bond acceptors (Lipinski definition) is 4. The lowest BCUT2D eigenvalue weighted by molar-refractivity contribution is 0.739. The van der Waals surface area contributed by atoms with E-state index in [0.29, 0.717) is 6.54 Å². The molecule has 2 N–H and O–H groups in total. The van der Waals surface area contributed by atoms with E-state index in [2.05, 4.69) is 22.0 Å². The highest BCUT2D eigenvalue weighted by Gasteiger charge is 2.05. The van der Waals surface area contributed by atoms with Crippen LogP contribution in [0.5, 0.6) is 0 Å². The molecule has 14 heavy (non-hydrogen) atoms. The van der Waals surface area contributed by atoms with Gasteiger partial charge in [-0.3, -0.25) is 0 Å². The molecule has 0 bridgehead atoms. The first-order chi connectivity index (χ1) is 6.77. The van der Waals surface area contributed by atoms with Crippen LogP contribution >= 0.6 is 0 Å². The van der Waals surface area contributed by atoms with E-state index in [-0.39, 0.29) is 0 Å². The number of aryl methyl sites for hydroxylation is 1. The fraction of sp³-hybridized carbons (Fsp3) is 0.600. The van der Waals surface area contributed by atoms with Gasteiger partial charge in [0.25, 0.3) is 0 Å². The number of nitrogens with zero attached hydrogens (tertiary/aromatic N) is 3. The minimum atomic E-state index is 0.648. The molecule has 0 aliphatic rings. The standard InChI is InChI=1S/C10H18N4/c1-3-7-14(8-6-11)10-5-4-9(2)12-13-10/h4-5H,3,6-8,11H2,1-2H3. The fourth-order valence-electron chi connectivity index (χ4n) is 1.33. The van der Waals surface area contributed by atoms with Crippen molar-refractivity contribution >= 4 is 5.82 Å². The van der Waals surface area contributed by atoms with Crippen LogP contribution in [0.4, 0.5) is 5.82 Å². The molecular formula is C10H18N4. The minimum Gasteiger partial charge on any atom is -0.354 e. The van der Waals surface area contributed by atoms with Crippen molar-refractivity contribution in [3.05, 3.63) is 17.8 Å².